The van der Waals surface area contributed by atoms with Crippen LogP contribution in [-0.2, 0) is 16.1 Å². The third kappa shape index (κ3) is 4.38. The molecule has 2 amide bonds. The first-order chi connectivity index (χ1) is 11.4. The second-order valence-corrected chi connectivity index (χ2v) is 5.15. The number of benzene rings is 1. The highest BCUT2D eigenvalue weighted by Crippen LogP contribution is 2.17. The van der Waals surface area contributed by atoms with Gasteiger partial charge in [-0.15, -0.1) is 0 Å². The highest BCUT2D eigenvalue weighted by molar-refractivity contribution is 5.92. The lowest BCUT2D eigenvalue weighted by Crippen LogP contribution is -2.15. The van der Waals surface area contributed by atoms with Crippen LogP contribution in [0, 0.1) is 17.0 Å². The number of amides is 2. The Morgan fingerprint density at radius 1 is 1.21 bits per heavy atom. The van der Waals surface area contributed by atoms with Crippen LogP contribution in [0.5, 0.6) is 0 Å². The van der Waals surface area contributed by atoms with E-state index in [1.165, 1.54) is 17.8 Å². The molecular formula is C15H17N5O4. The SMILES string of the molecule is CC(=O)Nc1ccc(NC(=O)CCn2ncc([N+](=O)[O-])c2C)cc1. The molecule has 0 aliphatic rings. The minimum atomic E-state index is -0.504. The molecule has 0 radical (unpaired) electrons. The molecule has 0 atom stereocenters. The van der Waals surface area contributed by atoms with Crippen molar-refractivity contribution in [1.82, 2.24) is 9.78 Å². The minimum absolute atomic E-state index is 0.0658. The Labute approximate surface area is 137 Å². The number of anilines is 2. The Morgan fingerprint density at radius 3 is 2.29 bits per heavy atom. The summed E-state index contributed by atoms with van der Waals surface area (Å²) in [7, 11) is 0. The molecule has 0 aliphatic heterocycles. The largest absolute Gasteiger partial charge is 0.326 e. The van der Waals surface area contributed by atoms with Crippen LogP contribution < -0.4 is 10.6 Å². The molecule has 0 saturated heterocycles. The molecule has 1 heterocycles. The maximum absolute atomic E-state index is 11.9. The second kappa shape index (κ2) is 7.36. The van der Waals surface area contributed by atoms with Gasteiger partial charge in [0.15, 0.2) is 0 Å². The molecule has 2 N–H and O–H groups in total. The average Bonchev–Trinajstić information content (AvgIpc) is 2.88. The van der Waals surface area contributed by atoms with Crippen molar-refractivity contribution in [2.24, 2.45) is 0 Å². The monoisotopic (exact) mass is 331 g/mol. The van der Waals surface area contributed by atoms with Crippen molar-refractivity contribution < 1.29 is 14.5 Å². The average molecular weight is 331 g/mol. The van der Waals surface area contributed by atoms with Gasteiger partial charge in [-0.3, -0.25) is 24.4 Å². The van der Waals surface area contributed by atoms with Crippen LogP contribution in [-0.4, -0.2) is 26.5 Å². The van der Waals surface area contributed by atoms with E-state index < -0.39 is 4.92 Å². The molecule has 0 fully saturated rings. The lowest BCUT2D eigenvalue weighted by atomic mass is 10.2. The first-order valence-corrected chi connectivity index (χ1v) is 7.21. The lowest BCUT2D eigenvalue weighted by Gasteiger charge is -2.07. The van der Waals surface area contributed by atoms with Crippen molar-refractivity contribution in [2.45, 2.75) is 26.8 Å². The van der Waals surface area contributed by atoms with E-state index in [0.717, 1.165) is 0 Å². The molecule has 2 aromatic rings. The van der Waals surface area contributed by atoms with Crippen molar-refractivity contribution in [3.8, 4) is 0 Å². The number of nitrogens with one attached hydrogen (secondary N) is 2. The molecule has 126 valence electrons. The summed E-state index contributed by atoms with van der Waals surface area (Å²) in [5.74, 6) is -0.407. The van der Waals surface area contributed by atoms with Gasteiger partial charge in [0.25, 0.3) is 0 Å². The van der Waals surface area contributed by atoms with Crippen molar-refractivity contribution in [3.63, 3.8) is 0 Å². The molecule has 0 unspecified atom stereocenters. The molecule has 1 aromatic heterocycles. The van der Waals surface area contributed by atoms with Gasteiger partial charge in [0.2, 0.25) is 11.8 Å². The fraction of sp³-hybridized carbons (Fsp3) is 0.267. The Hall–Kier alpha value is -3.23. The zero-order valence-corrected chi connectivity index (χ0v) is 13.3. The van der Waals surface area contributed by atoms with Gasteiger partial charge in [-0.2, -0.15) is 5.10 Å². The molecule has 1 aromatic carbocycles. The van der Waals surface area contributed by atoms with Gasteiger partial charge in [-0.25, -0.2) is 0 Å². The Balaban J connectivity index is 1.89. The van der Waals surface area contributed by atoms with Crippen LogP contribution in [0.25, 0.3) is 0 Å². The topological polar surface area (TPSA) is 119 Å². The highest BCUT2D eigenvalue weighted by atomic mass is 16.6. The summed E-state index contributed by atoms with van der Waals surface area (Å²) in [4.78, 5) is 33.1. The van der Waals surface area contributed by atoms with E-state index in [-0.39, 0.29) is 30.5 Å². The highest BCUT2D eigenvalue weighted by Gasteiger charge is 2.16. The standard InChI is InChI=1S/C15H17N5O4/c1-10-14(20(23)24)9-16-19(10)8-7-15(22)18-13-5-3-12(4-6-13)17-11(2)21/h3-6,9H,7-8H2,1-2H3,(H,17,21)(H,18,22). The minimum Gasteiger partial charge on any atom is -0.326 e. The van der Waals surface area contributed by atoms with E-state index in [1.807, 2.05) is 0 Å². The molecular weight excluding hydrogens is 314 g/mol. The zero-order chi connectivity index (χ0) is 17.7. The number of hydrogen-bond acceptors (Lipinski definition) is 5. The summed E-state index contributed by atoms with van der Waals surface area (Å²) in [6.45, 7) is 3.25. The fourth-order valence-electron chi connectivity index (χ4n) is 2.11. The van der Waals surface area contributed by atoms with Gasteiger partial charge in [0.1, 0.15) is 11.9 Å². The number of aromatic nitrogens is 2. The van der Waals surface area contributed by atoms with Crippen molar-refractivity contribution >= 4 is 28.9 Å². The number of nitrogens with zero attached hydrogens (tertiary/aromatic N) is 3. The predicted octanol–water partition coefficient (Wildman–Crippen LogP) is 2.09. The van der Waals surface area contributed by atoms with Crippen molar-refractivity contribution in [3.05, 3.63) is 46.3 Å². The van der Waals surface area contributed by atoms with Gasteiger partial charge in [-0.05, 0) is 31.2 Å². The van der Waals surface area contributed by atoms with Crippen LogP contribution in [0.2, 0.25) is 0 Å². The molecule has 0 spiro atoms. The number of aryl methyl sites for hydroxylation is 1. The summed E-state index contributed by atoms with van der Waals surface area (Å²) in [6, 6.07) is 6.70. The quantitative estimate of drug-likeness (QED) is 0.620. The molecule has 2 rings (SSSR count). The predicted molar refractivity (Wildman–Crippen MR) is 87.6 cm³/mol. The van der Waals surface area contributed by atoms with Gasteiger partial charge in [0, 0.05) is 24.7 Å². The first-order valence-electron chi connectivity index (χ1n) is 7.21. The van der Waals surface area contributed by atoms with E-state index in [4.69, 9.17) is 0 Å². The second-order valence-electron chi connectivity index (χ2n) is 5.15. The van der Waals surface area contributed by atoms with Crippen LogP contribution in [0.4, 0.5) is 17.1 Å². The van der Waals surface area contributed by atoms with Crippen LogP contribution in [0.3, 0.4) is 0 Å². The molecule has 0 saturated carbocycles. The molecule has 0 aliphatic carbocycles. The molecule has 24 heavy (non-hydrogen) atoms. The third-order valence-electron chi connectivity index (χ3n) is 3.31. The van der Waals surface area contributed by atoms with Crippen molar-refractivity contribution in [2.75, 3.05) is 10.6 Å². The van der Waals surface area contributed by atoms with E-state index in [1.54, 1.807) is 31.2 Å². The zero-order valence-electron chi connectivity index (χ0n) is 13.3. The summed E-state index contributed by atoms with van der Waals surface area (Å²) >= 11 is 0. The van der Waals surface area contributed by atoms with E-state index in [2.05, 4.69) is 15.7 Å². The van der Waals surface area contributed by atoms with Gasteiger partial charge >= 0.3 is 5.69 Å². The maximum atomic E-state index is 11.9. The van der Waals surface area contributed by atoms with Crippen molar-refractivity contribution in [1.29, 1.82) is 0 Å². The molecule has 0 bridgehead atoms. The Kier molecular flexibility index (Phi) is 5.25. The summed E-state index contributed by atoms with van der Waals surface area (Å²) in [5, 5.41) is 20.0. The molecule has 9 heteroatoms. The summed E-state index contributed by atoms with van der Waals surface area (Å²) < 4.78 is 1.43. The first kappa shape index (κ1) is 17.1. The van der Waals surface area contributed by atoms with E-state index >= 15 is 0 Å². The fourth-order valence-corrected chi connectivity index (χ4v) is 2.11. The lowest BCUT2D eigenvalue weighted by molar-refractivity contribution is -0.385. The number of rotatable bonds is 6. The number of carbonyl (C=O) groups is 2. The van der Waals surface area contributed by atoms with Crippen LogP contribution in [0.1, 0.15) is 19.0 Å². The molecule has 9 nitrogen and oxygen atoms in total. The van der Waals surface area contributed by atoms with E-state index in [9.17, 15) is 19.7 Å². The summed E-state index contributed by atoms with van der Waals surface area (Å²) in [6.07, 6.45) is 1.31. The van der Waals surface area contributed by atoms with Crippen LogP contribution >= 0.6 is 0 Å². The van der Waals surface area contributed by atoms with Crippen LogP contribution in [0.15, 0.2) is 30.5 Å². The third-order valence-corrected chi connectivity index (χ3v) is 3.31. The summed E-state index contributed by atoms with van der Waals surface area (Å²) in [5.41, 5.74) is 1.58. The van der Waals surface area contributed by atoms with Gasteiger partial charge in [0.05, 0.1) is 11.5 Å². The Morgan fingerprint density at radius 2 is 1.79 bits per heavy atom. The maximum Gasteiger partial charge on any atom is 0.309 e. The van der Waals surface area contributed by atoms with Gasteiger partial charge < -0.3 is 10.6 Å². The van der Waals surface area contributed by atoms with Gasteiger partial charge in [-0.1, -0.05) is 0 Å². The number of carbonyl (C=O) groups excluding carboxylic acids is 2. The normalized spacial score (nSPS) is 10.2. The van der Waals surface area contributed by atoms with E-state index in [0.29, 0.717) is 17.1 Å². The Bertz CT molecular complexity index is 767. The number of nitro groups is 1. The smallest absolute Gasteiger partial charge is 0.309 e. The number of hydrogen-bond donors (Lipinski definition) is 2.